The Hall–Kier alpha value is -5.64. The number of ether oxygens (including phenoxy) is 1. The number of benzene rings is 3. The van der Waals surface area contributed by atoms with Crippen molar-refractivity contribution in [2.24, 2.45) is 0 Å². The molecule has 38 heavy (non-hydrogen) atoms. The molecule has 1 saturated heterocycles. The molecule has 0 unspecified atom stereocenters. The Bertz CT molecular complexity index is 1490. The fraction of sp³-hybridized carbons (Fsp3) is 0. The third-order valence-corrected chi connectivity index (χ3v) is 5.62. The molecule has 2 heterocycles. The van der Waals surface area contributed by atoms with Crippen molar-refractivity contribution in [3.63, 3.8) is 0 Å². The van der Waals surface area contributed by atoms with E-state index < -0.39 is 22.8 Å². The Labute approximate surface area is 216 Å². The van der Waals surface area contributed by atoms with Crippen LogP contribution in [0.2, 0.25) is 0 Å². The van der Waals surface area contributed by atoms with E-state index in [1.165, 1.54) is 18.2 Å². The molecule has 0 saturated carbocycles. The van der Waals surface area contributed by atoms with Crippen LogP contribution in [0.3, 0.4) is 0 Å². The van der Waals surface area contributed by atoms with E-state index in [4.69, 9.17) is 4.74 Å². The minimum absolute atomic E-state index is 0.159. The van der Waals surface area contributed by atoms with Gasteiger partial charge in [-0.1, -0.05) is 48.5 Å². The van der Waals surface area contributed by atoms with Crippen molar-refractivity contribution in [3.8, 4) is 11.6 Å². The van der Waals surface area contributed by atoms with Gasteiger partial charge < -0.3 is 4.74 Å². The second-order valence-electron chi connectivity index (χ2n) is 8.08. The maximum absolute atomic E-state index is 13.4. The van der Waals surface area contributed by atoms with Gasteiger partial charge in [-0.05, 0) is 48.0 Å². The highest BCUT2D eigenvalue weighted by Gasteiger charge is 2.43. The van der Waals surface area contributed by atoms with Crippen molar-refractivity contribution in [1.82, 2.24) is 4.98 Å². The first-order chi connectivity index (χ1) is 18.4. The lowest BCUT2D eigenvalue weighted by Crippen LogP contribution is -2.57. The number of pyridine rings is 1. The van der Waals surface area contributed by atoms with Crippen LogP contribution in [0.1, 0.15) is 5.56 Å². The molecule has 1 aliphatic heterocycles. The first-order valence-electron chi connectivity index (χ1n) is 11.4. The molecule has 3 aromatic carbocycles. The number of para-hydroxylation sites is 2. The summed E-state index contributed by atoms with van der Waals surface area (Å²) in [7, 11) is 0. The summed E-state index contributed by atoms with van der Waals surface area (Å²) in [4.78, 5) is 56.3. The summed E-state index contributed by atoms with van der Waals surface area (Å²) >= 11 is 0. The minimum Gasteiger partial charge on any atom is -0.439 e. The van der Waals surface area contributed by atoms with Crippen molar-refractivity contribution >= 4 is 41.0 Å². The van der Waals surface area contributed by atoms with E-state index in [0.29, 0.717) is 22.7 Å². The van der Waals surface area contributed by atoms with E-state index in [-0.39, 0.29) is 17.1 Å². The molecular formula is C28H18N4O6. The van der Waals surface area contributed by atoms with Gasteiger partial charge in [-0.3, -0.25) is 19.7 Å². The maximum Gasteiger partial charge on any atom is 0.343 e. The van der Waals surface area contributed by atoms with Crippen LogP contribution in [0.15, 0.2) is 109 Å². The number of hydrogen-bond acceptors (Lipinski definition) is 7. The van der Waals surface area contributed by atoms with Crippen LogP contribution < -0.4 is 14.5 Å². The van der Waals surface area contributed by atoms with Gasteiger partial charge in [0.2, 0.25) is 5.88 Å². The monoisotopic (exact) mass is 506 g/mol. The van der Waals surface area contributed by atoms with Crippen LogP contribution in [0.25, 0.3) is 6.08 Å². The lowest BCUT2D eigenvalue weighted by Gasteiger charge is -2.33. The molecule has 4 amide bonds. The Kier molecular flexibility index (Phi) is 6.43. The lowest BCUT2D eigenvalue weighted by atomic mass is 10.0. The number of rotatable bonds is 6. The molecule has 186 valence electrons. The highest BCUT2D eigenvalue weighted by Crippen LogP contribution is 2.30. The maximum atomic E-state index is 13.4. The average Bonchev–Trinajstić information content (AvgIpc) is 2.93. The van der Waals surface area contributed by atoms with Gasteiger partial charge in [-0.25, -0.2) is 19.6 Å². The van der Waals surface area contributed by atoms with Crippen molar-refractivity contribution in [1.29, 1.82) is 0 Å². The SMILES string of the molecule is O=C1C(=Cc2ccc(Oc3ccc([N+](=O)[O-])cn3)cc2)C(=O)N(c2ccccc2)C(=O)N1c1ccccc1. The Morgan fingerprint density at radius 3 is 1.76 bits per heavy atom. The molecule has 0 N–H and O–H groups in total. The fourth-order valence-corrected chi connectivity index (χ4v) is 3.80. The Morgan fingerprint density at radius 2 is 1.29 bits per heavy atom. The largest absolute Gasteiger partial charge is 0.439 e. The first-order valence-corrected chi connectivity index (χ1v) is 11.4. The fourth-order valence-electron chi connectivity index (χ4n) is 3.80. The zero-order valence-corrected chi connectivity index (χ0v) is 19.6. The van der Waals surface area contributed by atoms with Crippen molar-refractivity contribution < 1.29 is 24.0 Å². The summed E-state index contributed by atoms with van der Waals surface area (Å²) in [6.07, 6.45) is 2.50. The number of urea groups is 1. The van der Waals surface area contributed by atoms with Crippen LogP contribution >= 0.6 is 0 Å². The van der Waals surface area contributed by atoms with Gasteiger partial charge in [0, 0.05) is 12.1 Å². The normalized spacial score (nSPS) is 13.5. The van der Waals surface area contributed by atoms with E-state index in [1.807, 2.05) is 0 Å². The van der Waals surface area contributed by atoms with Gasteiger partial charge in [0.05, 0.1) is 16.3 Å². The minimum atomic E-state index is -0.770. The molecule has 10 heteroatoms. The number of imide groups is 2. The molecule has 1 fully saturated rings. The van der Waals surface area contributed by atoms with Crippen molar-refractivity contribution in [2.75, 3.05) is 9.80 Å². The highest BCUT2D eigenvalue weighted by atomic mass is 16.6. The third kappa shape index (κ3) is 4.73. The molecular weight excluding hydrogens is 488 g/mol. The van der Waals surface area contributed by atoms with Crippen LogP contribution in [0.5, 0.6) is 11.6 Å². The molecule has 0 aliphatic carbocycles. The molecule has 0 spiro atoms. The third-order valence-electron chi connectivity index (χ3n) is 5.62. The van der Waals surface area contributed by atoms with Crippen LogP contribution in [0.4, 0.5) is 21.9 Å². The Balaban J connectivity index is 1.46. The van der Waals surface area contributed by atoms with E-state index >= 15 is 0 Å². The van der Waals surface area contributed by atoms with Crippen molar-refractivity contribution in [2.45, 2.75) is 0 Å². The van der Waals surface area contributed by atoms with Crippen LogP contribution in [-0.2, 0) is 9.59 Å². The average molecular weight is 506 g/mol. The van der Waals surface area contributed by atoms with E-state index in [1.54, 1.807) is 84.9 Å². The zero-order valence-electron chi connectivity index (χ0n) is 19.6. The smallest absolute Gasteiger partial charge is 0.343 e. The number of barbiturate groups is 1. The van der Waals surface area contributed by atoms with Gasteiger partial charge in [0.1, 0.15) is 17.5 Å². The predicted molar refractivity (Wildman–Crippen MR) is 139 cm³/mol. The summed E-state index contributed by atoms with van der Waals surface area (Å²) in [5.41, 5.74) is 0.833. The number of amides is 4. The summed E-state index contributed by atoms with van der Waals surface area (Å²) in [5, 5.41) is 10.8. The summed E-state index contributed by atoms with van der Waals surface area (Å²) in [5.74, 6) is -0.931. The molecule has 10 nitrogen and oxygen atoms in total. The number of carbonyl (C=O) groups is 3. The number of hydrogen-bond donors (Lipinski definition) is 0. The van der Waals surface area contributed by atoms with E-state index in [2.05, 4.69) is 4.98 Å². The van der Waals surface area contributed by atoms with Gasteiger partial charge in [-0.2, -0.15) is 0 Å². The van der Waals surface area contributed by atoms with Crippen LogP contribution in [-0.4, -0.2) is 27.8 Å². The highest BCUT2D eigenvalue weighted by molar-refractivity contribution is 6.46. The lowest BCUT2D eigenvalue weighted by molar-refractivity contribution is -0.385. The zero-order chi connectivity index (χ0) is 26.6. The number of anilines is 2. The number of carbonyl (C=O) groups excluding carboxylic acids is 3. The molecule has 5 rings (SSSR count). The topological polar surface area (TPSA) is 123 Å². The van der Waals surface area contributed by atoms with Gasteiger partial charge in [-0.15, -0.1) is 0 Å². The number of aromatic nitrogens is 1. The molecule has 0 atom stereocenters. The van der Waals surface area contributed by atoms with E-state index in [0.717, 1.165) is 16.0 Å². The Morgan fingerprint density at radius 1 is 0.737 bits per heavy atom. The summed E-state index contributed by atoms with van der Waals surface area (Å²) in [6.45, 7) is 0. The standard InChI is InChI=1S/C28H18N4O6/c33-26-24(17-19-11-14-23(15-12-19)38-25-16-13-22(18-29-25)32(36)37)27(34)31(21-9-5-2-6-10-21)28(35)30(26)20-7-3-1-4-8-20/h1-18H. The summed E-state index contributed by atoms with van der Waals surface area (Å²) < 4.78 is 5.61. The second-order valence-corrected chi connectivity index (χ2v) is 8.08. The van der Waals surface area contributed by atoms with Gasteiger partial charge >= 0.3 is 6.03 Å². The molecule has 0 radical (unpaired) electrons. The number of nitrogens with zero attached hydrogens (tertiary/aromatic N) is 4. The number of nitro groups is 1. The molecule has 1 aromatic heterocycles. The molecule has 0 bridgehead atoms. The van der Waals surface area contributed by atoms with Gasteiger partial charge in [0.25, 0.3) is 17.5 Å². The predicted octanol–water partition coefficient (Wildman–Crippen LogP) is 5.37. The van der Waals surface area contributed by atoms with E-state index in [9.17, 15) is 24.5 Å². The molecule has 1 aliphatic rings. The quantitative estimate of drug-likeness (QED) is 0.149. The summed E-state index contributed by atoms with van der Waals surface area (Å²) in [6, 6.07) is 25.1. The van der Waals surface area contributed by atoms with Crippen molar-refractivity contribution in [3.05, 3.63) is 125 Å². The molecule has 4 aromatic rings. The second kappa shape index (κ2) is 10.2. The first kappa shape index (κ1) is 24.1. The van der Waals surface area contributed by atoms with Gasteiger partial charge in [0.15, 0.2) is 0 Å². The van der Waals surface area contributed by atoms with Crippen LogP contribution in [0, 0.1) is 10.1 Å².